The van der Waals surface area contributed by atoms with E-state index in [1.54, 1.807) is 6.20 Å². The molecule has 2 rings (SSSR count). The summed E-state index contributed by atoms with van der Waals surface area (Å²) in [7, 11) is -1.87. The van der Waals surface area contributed by atoms with Gasteiger partial charge >= 0.3 is 0 Å². The van der Waals surface area contributed by atoms with Gasteiger partial charge in [0.2, 0.25) is 0 Å². The van der Waals surface area contributed by atoms with Gasteiger partial charge < -0.3 is 8.84 Å². The average molecular weight is 289 g/mol. The van der Waals surface area contributed by atoms with Crippen LogP contribution in [0.15, 0.2) is 34.9 Å². The van der Waals surface area contributed by atoms with Crippen LogP contribution < -0.4 is 4.43 Å². The molecule has 0 unspecified atom stereocenters. The van der Waals surface area contributed by atoms with E-state index < -0.39 is 8.32 Å². The van der Waals surface area contributed by atoms with Gasteiger partial charge in [0.25, 0.3) is 8.32 Å². The molecule has 0 bridgehead atoms. The lowest BCUT2D eigenvalue weighted by atomic mass is 10.2. The fourth-order valence-corrected chi connectivity index (χ4v) is 2.71. The van der Waals surface area contributed by atoms with E-state index in [1.165, 1.54) is 0 Å². The molecule has 4 heteroatoms. The minimum atomic E-state index is -1.87. The van der Waals surface area contributed by atoms with Gasteiger partial charge in [-0.25, -0.2) is 4.98 Å². The van der Waals surface area contributed by atoms with Crippen LogP contribution in [-0.2, 0) is 0 Å². The number of para-hydroxylation sites is 1. The molecule has 1 aromatic carbocycles. The monoisotopic (exact) mass is 289 g/mol. The van der Waals surface area contributed by atoms with E-state index in [4.69, 9.17) is 8.84 Å². The number of aromatic nitrogens is 1. The quantitative estimate of drug-likeness (QED) is 0.743. The van der Waals surface area contributed by atoms with Gasteiger partial charge in [0.05, 0.1) is 11.8 Å². The molecular weight excluding hydrogens is 266 g/mol. The smallest absolute Gasteiger partial charge is 0.250 e. The highest BCUT2D eigenvalue weighted by atomic mass is 28.4. The molecule has 0 radical (unpaired) electrons. The van der Waals surface area contributed by atoms with Gasteiger partial charge in [-0.1, -0.05) is 32.9 Å². The van der Waals surface area contributed by atoms with Crippen molar-refractivity contribution in [3.63, 3.8) is 0 Å². The zero-order chi connectivity index (χ0) is 15.0. The Morgan fingerprint density at radius 3 is 2.35 bits per heavy atom. The van der Waals surface area contributed by atoms with Gasteiger partial charge in [-0.05, 0) is 30.3 Å². The van der Waals surface area contributed by atoms with Gasteiger partial charge in [-0.2, -0.15) is 0 Å². The van der Waals surface area contributed by atoms with Crippen LogP contribution >= 0.6 is 0 Å². The molecule has 0 aliphatic rings. The van der Waals surface area contributed by atoms with Crippen LogP contribution in [0.1, 0.15) is 26.7 Å². The summed E-state index contributed by atoms with van der Waals surface area (Å²) in [5.74, 6) is 2.31. The van der Waals surface area contributed by atoms with Crippen molar-refractivity contribution in [1.29, 1.82) is 0 Å². The van der Waals surface area contributed by atoms with E-state index >= 15 is 0 Å². The lowest BCUT2D eigenvalue weighted by Crippen LogP contribution is -2.43. The highest BCUT2D eigenvalue weighted by Gasteiger charge is 2.39. The molecule has 1 aromatic heterocycles. The summed E-state index contributed by atoms with van der Waals surface area (Å²) in [5, 5.41) is 0.164. The molecule has 0 aliphatic carbocycles. The maximum Gasteiger partial charge on any atom is 0.250 e. The van der Waals surface area contributed by atoms with Crippen LogP contribution in [-0.4, -0.2) is 13.3 Å². The Morgan fingerprint density at radius 2 is 1.80 bits per heavy atom. The third-order valence-electron chi connectivity index (χ3n) is 3.95. The predicted octanol–water partition coefficient (Wildman–Crippen LogP) is 5.03. The van der Waals surface area contributed by atoms with Crippen LogP contribution in [0.25, 0.3) is 11.3 Å². The largest absolute Gasteiger partial charge is 0.543 e. The third-order valence-corrected chi connectivity index (χ3v) is 8.29. The van der Waals surface area contributed by atoms with Crippen molar-refractivity contribution < 1.29 is 8.84 Å². The van der Waals surface area contributed by atoms with Gasteiger partial charge in [-0.3, -0.25) is 0 Å². The van der Waals surface area contributed by atoms with Crippen molar-refractivity contribution in [1.82, 2.24) is 4.98 Å². The van der Waals surface area contributed by atoms with E-state index in [0.29, 0.717) is 5.89 Å². The summed E-state index contributed by atoms with van der Waals surface area (Å²) in [6.07, 6.45) is 1.75. The molecule has 0 N–H and O–H groups in total. The second kappa shape index (κ2) is 5.09. The zero-order valence-corrected chi connectivity index (χ0v) is 14.2. The highest BCUT2D eigenvalue weighted by Crippen LogP contribution is 2.40. The standard InChI is InChI=1S/C16H23NO2Si/c1-12-17-11-15(18-12)13-9-7-8-10-14(13)19-20(5,6)16(2,3)4/h7-11H,1-6H3. The fourth-order valence-electron chi connectivity index (χ4n) is 1.67. The number of aryl methyl sites for hydroxylation is 1. The molecule has 0 amide bonds. The molecular formula is C16H23NO2Si. The number of hydrogen-bond donors (Lipinski definition) is 0. The Labute approximate surface area is 122 Å². The summed E-state index contributed by atoms with van der Waals surface area (Å²) in [5.41, 5.74) is 0.970. The molecule has 0 saturated carbocycles. The molecule has 0 fully saturated rings. The molecule has 2 aromatic rings. The normalized spacial score (nSPS) is 12.5. The second-order valence-electron chi connectivity index (χ2n) is 6.60. The first kappa shape index (κ1) is 14.8. The number of nitrogens with zero attached hydrogens (tertiary/aromatic N) is 1. The Hall–Kier alpha value is -1.55. The number of hydrogen-bond acceptors (Lipinski definition) is 3. The van der Waals surface area contributed by atoms with Gasteiger partial charge in [0.15, 0.2) is 11.7 Å². The number of benzene rings is 1. The van der Waals surface area contributed by atoms with Gasteiger partial charge in [0.1, 0.15) is 5.75 Å². The summed E-state index contributed by atoms with van der Waals surface area (Å²) < 4.78 is 12.0. The maximum absolute atomic E-state index is 6.41. The van der Waals surface area contributed by atoms with Crippen LogP contribution in [0.5, 0.6) is 5.75 Å². The molecule has 0 aliphatic heterocycles. The lowest BCUT2D eigenvalue weighted by molar-refractivity contribution is 0.488. The minimum absolute atomic E-state index is 0.164. The topological polar surface area (TPSA) is 35.3 Å². The summed E-state index contributed by atoms with van der Waals surface area (Å²) >= 11 is 0. The first-order valence-electron chi connectivity index (χ1n) is 6.91. The van der Waals surface area contributed by atoms with Crippen molar-refractivity contribution >= 4 is 8.32 Å². The Balaban J connectivity index is 2.39. The Bertz CT molecular complexity index is 597. The van der Waals surface area contributed by atoms with Gasteiger partial charge in [0, 0.05) is 6.92 Å². The molecule has 20 heavy (non-hydrogen) atoms. The molecule has 3 nitrogen and oxygen atoms in total. The molecule has 1 heterocycles. The molecule has 108 valence electrons. The first-order chi connectivity index (χ1) is 9.21. The van der Waals surface area contributed by atoms with E-state index in [1.807, 2.05) is 31.2 Å². The van der Waals surface area contributed by atoms with Gasteiger partial charge in [-0.15, -0.1) is 0 Å². The average Bonchev–Trinajstić information content (AvgIpc) is 2.74. The van der Waals surface area contributed by atoms with Crippen molar-refractivity contribution in [3.8, 4) is 17.1 Å². The second-order valence-corrected chi connectivity index (χ2v) is 11.3. The summed E-state index contributed by atoms with van der Waals surface area (Å²) in [6, 6.07) is 8.01. The minimum Gasteiger partial charge on any atom is -0.543 e. The van der Waals surface area contributed by atoms with E-state index in [-0.39, 0.29) is 5.04 Å². The Kier molecular flexibility index (Phi) is 3.78. The Morgan fingerprint density at radius 1 is 1.15 bits per heavy atom. The van der Waals surface area contributed by atoms with E-state index in [0.717, 1.165) is 17.1 Å². The lowest BCUT2D eigenvalue weighted by Gasteiger charge is -2.36. The third kappa shape index (κ3) is 2.95. The van der Waals surface area contributed by atoms with Crippen molar-refractivity contribution in [3.05, 3.63) is 36.4 Å². The van der Waals surface area contributed by atoms with Crippen molar-refractivity contribution in [2.24, 2.45) is 0 Å². The SMILES string of the molecule is Cc1ncc(-c2ccccc2O[Si](C)(C)C(C)(C)C)o1. The highest BCUT2D eigenvalue weighted by molar-refractivity contribution is 6.74. The maximum atomic E-state index is 6.41. The van der Waals surface area contributed by atoms with Crippen LogP contribution in [0.2, 0.25) is 18.1 Å². The molecule has 0 saturated heterocycles. The molecule has 0 atom stereocenters. The zero-order valence-electron chi connectivity index (χ0n) is 13.2. The van der Waals surface area contributed by atoms with Crippen molar-refractivity contribution in [2.75, 3.05) is 0 Å². The van der Waals surface area contributed by atoms with Crippen LogP contribution in [0.3, 0.4) is 0 Å². The molecule has 0 spiro atoms. The number of oxazole rings is 1. The fraction of sp³-hybridized carbons (Fsp3) is 0.438. The van der Waals surface area contributed by atoms with Crippen LogP contribution in [0.4, 0.5) is 0 Å². The summed E-state index contributed by atoms with van der Waals surface area (Å²) in [4.78, 5) is 4.17. The predicted molar refractivity (Wildman–Crippen MR) is 84.5 cm³/mol. The van der Waals surface area contributed by atoms with Crippen LogP contribution in [0, 0.1) is 6.92 Å². The van der Waals surface area contributed by atoms with E-state index in [9.17, 15) is 0 Å². The van der Waals surface area contributed by atoms with Crippen molar-refractivity contribution in [2.45, 2.75) is 45.8 Å². The number of rotatable bonds is 3. The summed E-state index contributed by atoms with van der Waals surface area (Å²) in [6.45, 7) is 13.0. The van der Waals surface area contributed by atoms with E-state index in [2.05, 4.69) is 38.8 Å². The first-order valence-corrected chi connectivity index (χ1v) is 9.82.